The molecule has 0 spiro atoms. The molecule has 1 rings (SSSR count). The zero-order chi connectivity index (χ0) is 9.90. The Kier molecular flexibility index (Phi) is 2.68. The molecule has 3 heteroatoms. The average Bonchev–Trinajstić information content (AvgIpc) is 2.17. The Labute approximate surface area is 77.7 Å². The molecule has 0 fully saturated rings. The van der Waals surface area contributed by atoms with Crippen LogP contribution in [0.4, 0.5) is 0 Å². The Morgan fingerprint density at radius 1 is 1.38 bits per heavy atom. The van der Waals surface area contributed by atoms with Gasteiger partial charge in [-0.25, -0.2) is 0 Å². The van der Waals surface area contributed by atoms with Gasteiger partial charge in [0.05, 0.1) is 0 Å². The van der Waals surface area contributed by atoms with Crippen molar-refractivity contribution in [3.8, 4) is 0 Å². The number of carbonyl (C=O) groups is 1. The summed E-state index contributed by atoms with van der Waals surface area (Å²) in [6, 6.07) is 9.19. The Balaban J connectivity index is 3.11. The van der Waals surface area contributed by atoms with Gasteiger partial charge in [-0.2, -0.15) is 0 Å². The molecule has 1 amide bonds. The summed E-state index contributed by atoms with van der Waals surface area (Å²) in [4.78, 5) is 11.1. The van der Waals surface area contributed by atoms with E-state index in [4.69, 9.17) is 11.5 Å². The number of hydrogen-bond acceptors (Lipinski definition) is 2. The van der Waals surface area contributed by atoms with Crippen LogP contribution in [0, 0.1) is 0 Å². The molecular weight excluding hydrogens is 164 g/mol. The minimum Gasteiger partial charge on any atom is -0.368 e. The molecule has 0 radical (unpaired) electrons. The van der Waals surface area contributed by atoms with Crippen molar-refractivity contribution in [2.75, 3.05) is 0 Å². The summed E-state index contributed by atoms with van der Waals surface area (Å²) in [5, 5.41) is 0. The Hall–Kier alpha value is -1.35. The van der Waals surface area contributed by atoms with Crippen LogP contribution in [0.15, 0.2) is 30.3 Å². The molecule has 1 aromatic rings. The molecule has 1 atom stereocenters. The van der Waals surface area contributed by atoms with E-state index in [1.807, 2.05) is 37.3 Å². The van der Waals surface area contributed by atoms with Crippen LogP contribution in [-0.4, -0.2) is 5.91 Å². The smallest absolute Gasteiger partial charge is 0.242 e. The minimum atomic E-state index is -1.03. The number of carbonyl (C=O) groups excluding carboxylic acids is 1. The van der Waals surface area contributed by atoms with E-state index >= 15 is 0 Å². The van der Waals surface area contributed by atoms with Gasteiger partial charge in [0.25, 0.3) is 0 Å². The summed E-state index contributed by atoms with van der Waals surface area (Å²) >= 11 is 0. The second-order valence-corrected chi connectivity index (χ2v) is 3.06. The molecule has 0 aromatic heterocycles. The van der Waals surface area contributed by atoms with Crippen molar-refractivity contribution < 1.29 is 4.79 Å². The highest BCUT2D eigenvalue weighted by Crippen LogP contribution is 2.20. The molecular formula is C10H14N2O. The molecule has 0 heterocycles. The maximum atomic E-state index is 11.1. The first-order valence-corrected chi connectivity index (χ1v) is 4.25. The van der Waals surface area contributed by atoms with E-state index in [2.05, 4.69) is 0 Å². The van der Waals surface area contributed by atoms with Crippen LogP contribution in [0.1, 0.15) is 18.9 Å². The van der Waals surface area contributed by atoms with Crippen LogP contribution in [0.5, 0.6) is 0 Å². The van der Waals surface area contributed by atoms with Gasteiger partial charge in [-0.3, -0.25) is 4.79 Å². The predicted molar refractivity (Wildman–Crippen MR) is 51.8 cm³/mol. The van der Waals surface area contributed by atoms with Gasteiger partial charge in [0.1, 0.15) is 5.54 Å². The maximum absolute atomic E-state index is 11.1. The Morgan fingerprint density at radius 3 is 2.31 bits per heavy atom. The minimum absolute atomic E-state index is 0.485. The van der Waals surface area contributed by atoms with Crippen molar-refractivity contribution in [3.63, 3.8) is 0 Å². The maximum Gasteiger partial charge on any atom is 0.242 e. The summed E-state index contributed by atoms with van der Waals surface area (Å²) in [6.07, 6.45) is 0.506. The first kappa shape index (κ1) is 9.74. The van der Waals surface area contributed by atoms with Gasteiger partial charge in [-0.15, -0.1) is 0 Å². The lowest BCUT2D eigenvalue weighted by Crippen LogP contribution is -2.48. The van der Waals surface area contributed by atoms with Crippen LogP contribution in [0.3, 0.4) is 0 Å². The van der Waals surface area contributed by atoms with Crippen molar-refractivity contribution >= 4 is 5.91 Å². The summed E-state index contributed by atoms with van der Waals surface area (Å²) in [5.41, 5.74) is 10.9. The lowest BCUT2D eigenvalue weighted by Gasteiger charge is -2.24. The number of nitrogens with two attached hydrogens (primary N) is 2. The molecule has 0 aliphatic carbocycles. The van der Waals surface area contributed by atoms with E-state index in [-0.39, 0.29) is 0 Å². The molecule has 4 N–H and O–H groups in total. The van der Waals surface area contributed by atoms with E-state index in [1.165, 1.54) is 0 Å². The molecule has 0 bridgehead atoms. The first-order chi connectivity index (χ1) is 6.11. The summed E-state index contributed by atoms with van der Waals surface area (Å²) in [5.74, 6) is -0.485. The fourth-order valence-electron chi connectivity index (χ4n) is 1.26. The number of rotatable bonds is 3. The van der Waals surface area contributed by atoms with Crippen LogP contribution in [-0.2, 0) is 10.3 Å². The fraction of sp³-hybridized carbons (Fsp3) is 0.300. The third kappa shape index (κ3) is 1.70. The molecule has 13 heavy (non-hydrogen) atoms. The van der Waals surface area contributed by atoms with Gasteiger partial charge in [-0.05, 0) is 12.0 Å². The summed E-state index contributed by atoms with van der Waals surface area (Å²) < 4.78 is 0. The van der Waals surface area contributed by atoms with Crippen molar-refractivity contribution in [1.82, 2.24) is 0 Å². The number of hydrogen-bond donors (Lipinski definition) is 2. The lowest BCUT2D eigenvalue weighted by molar-refractivity contribution is -0.123. The zero-order valence-electron chi connectivity index (χ0n) is 7.66. The SMILES string of the molecule is CC[C@@](N)(C(N)=O)c1ccccc1. The molecule has 0 saturated heterocycles. The van der Waals surface area contributed by atoms with Gasteiger partial charge in [-0.1, -0.05) is 37.3 Å². The van der Waals surface area contributed by atoms with E-state index < -0.39 is 11.4 Å². The number of amides is 1. The standard InChI is InChI=1S/C10H14N2O/c1-2-10(12,9(11)13)8-6-4-3-5-7-8/h3-7H,2,12H2,1H3,(H2,11,13)/t10-/m0/s1. The molecule has 0 aliphatic heterocycles. The largest absolute Gasteiger partial charge is 0.368 e. The molecule has 0 unspecified atom stereocenters. The van der Waals surface area contributed by atoms with Crippen molar-refractivity contribution in [2.45, 2.75) is 18.9 Å². The van der Waals surface area contributed by atoms with Gasteiger partial charge in [0.15, 0.2) is 0 Å². The highest BCUT2D eigenvalue weighted by atomic mass is 16.1. The van der Waals surface area contributed by atoms with E-state index in [1.54, 1.807) is 0 Å². The Bertz CT molecular complexity index is 297. The molecule has 3 nitrogen and oxygen atoms in total. The second-order valence-electron chi connectivity index (χ2n) is 3.06. The summed E-state index contributed by atoms with van der Waals surface area (Å²) in [6.45, 7) is 1.84. The molecule has 70 valence electrons. The molecule has 1 aromatic carbocycles. The van der Waals surface area contributed by atoms with Gasteiger partial charge >= 0.3 is 0 Å². The van der Waals surface area contributed by atoms with E-state index in [0.29, 0.717) is 6.42 Å². The highest BCUT2D eigenvalue weighted by Gasteiger charge is 2.31. The predicted octanol–water partition coefficient (Wildman–Crippen LogP) is 0.736. The Morgan fingerprint density at radius 2 is 1.92 bits per heavy atom. The third-order valence-electron chi connectivity index (χ3n) is 2.29. The first-order valence-electron chi connectivity index (χ1n) is 4.25. The monoisotopic (exact) mass is 178 g/mol. The molecule has 0 aliphatic rings. The lowest BCUT2D eigenvalue weighted by atomic mass is 9.88. The van der Waals surface area contributed by atoms with E-state index in [9.17, 15) is 4.79 Å². The van der Waals surface area contributed by atoms with Crippen molar-refractivity contribution in [3.05, 3.63) is 35.9 Å². The highest BCUT2D eigenvalue weighted by molar-refractivity contribution is 5.85. The quantitative estimate of drug-likeness (QED) is 0.716. The van der Waals surface area contributed by atoms with E-state index in [0.717, 1.165) is 5.56 Å². The van der Waals surface area contributed by atoms with Crippen LogP contribution in [0.2, 0.25) is 0 Å². The van der Waals surface area contributed by atoms with Crippen LogP contribution < -0.4 is 11.5 Å². The second kappa shape index (κ2) is 3.58. The summed E-state index contributed by atoms with van der Waals surface area (Å²) in [7, 11) is 0. The van der Waals surface area contributed by atoms with Gasteiger partial charge in [0.2, 0.25) is 5.91 Å². The fourth-order valence-corrected chi connectivity index (χ4v) is 1.26. The topological polar surface area (TPSA) is 69.1 Å². The van der Waals surface area contributed by atoms with Crippen molar-refractivity contribution in [1.29, 1.82) is 0 Å². The van der Waals surface area contributed by atoms with Gasteiger partial charge < -0.3 is 11.5 Å². The molecule has 0 saturated carbocycles. The van der Waals surface area contributed by atoms with Crippen molar-refractivity contribution in [2.24, 2.45) is 11.5 Å². The number of benzene rings is 1. The van der Waals surface area contributed by atoms with Crippen LogP contribution >= 0.6 is 0 Å². The third-order valence-corrected chi connectivity index (χ3v) is 2.29. The zero-order valence-corrected chi connectivity index (χ0v) is 7.66. The average molecular weight is 178 g/mol. The number of primary amides is 1. The van der Waals surface area contributed by atoms with Gasteiger partial charge in [0, 0.05) is 0 Å². The van der Waals surface area contributed by atoms with Crippen LogP contribution in [0.25, 0.3) is 0 Å². The normalized spacial score (nSPS) is 14.9.